The third-order valence-electron chi connectivity index (χ3n) is 7.89. The molecule has 1 heterocycles. The molecule has 45 heavy (non-hydrogen) atoms. The number of hydrogen-bond donors (Lipinski definition) is 5. The number of nitrogens with zero attached hydrogens (tertiary/aromatic N) is 1. The Morgan fingerprint density at radius 1 is 0.800 bits per heavy atom. The molecule has 4 rings (SSSR count). The Hall–Kier alpha value is -4.41. The van der Waals surface area contributed by atoms with Crippen molar-refractivity contribution < 1.29 is 29.3 Å². The van der Waals surface area contributed by atoms with Gasteiger partial charge in [-0.2, -0.15) is 0 Å². The van der Waals surface area contributed by atoms with Gasteiger partial charge in [0.1, 0.15) is 6.10 Å². The van der Waals surface area contributed by atoms with Crippen molar-refractivity contribution in [3.05, 3.63) is 78.4 Å². The second-order valence-corrected chi connectivity index (χ2v) is 11.3. The fourth-order valence-corrected chi connectivity index (χ4v) is 5.30. The molecular weight excluding hydrogens is 572 g/mol. The molecule has 0 aliphatic carbocycles. The van der Waals surface area contributed by atoms with Crippen molar-refractivity contribution in [1.29, 1.82) is 0 Å². The molecule has 1 saturated heterocycles. The van der Waals surface area contributed by atoms with E-state index in [9.17, 15) is 24.6 Å². The lowest BCUT2D eigenvalue weighted by Gasteiger charge is -2.31. The van der Waals surface area contributed by atoms with Crippen LogP contribution in [0.5, 0.6) is 11.5 Å². The van der Waals surface area contributed by atoms with Gasteiger partial charge in [0.15, 0.2) is 17.3 Å². The van der Waals surface area contributed by atoms with Gasteiger partial charge in [-0.3, -0.25) is 14.9 Å². The minimum absolute atomic E-state index is 0.0433. The van der Waals surface area contributed by atoms with E-state index in [4.69, 9.17) is 4.74 Å². The first kappa shape index (κ1) is 33.5. The lowest BCUT2D eigenvalue weighted by molar-refractivity contribution is -0.121. The molecular formula is C35H44N4O6. The standard InChI is InChI=1S/C35H44N4O6/c40-31(27-13-14-32(41)33(42)25-27)15-21-36-19-7-2-8-20-37-34(43)18-24-39-22-16-28(17-23-39)45-35(44)38-30-12-6-5-11-29(30)26-9-3-1-4-10-26/h1,3-6,9-14,25,28,36,41-42H,2,7-8,15-24H2,(H,37,43)(H,38,44). The molecule has 10 nitrogen and oxygen atoms in total. The highest BCUT2D eigenvalue weighted by atomic mass is 16.6. The first-order valence-electron chi connectivity index (χ1n) is 15.8. The number of amides is 2. The maximum absolute atomic E-state index is 12.6. The number of rotatable bonds is 16. The van der Waals surface area contributed by atoms with E-state index in [1.165, 1.54) is 18.2 Å². The van der Waals surface area contributed by atoms with Gasteiger partial charge in [0.25, 0.3) is 0 Å². The average molecular weight is 617 g/mol. The van der Waals surface area contributed by atoms with Gasteiger partial charge in [-0.25, -0.2) is 4.79 Å². The van der Waals surface area contributed by atoms with Gasteiger partial charge in [0.05, 0.1) is 5.69 Å². The number of ketones is 1. The Bertz CT molecular complexity index is 1390. The van der Waals surface area contributed by atoms with Crippen molar-refractivity contribution in [2.24, 2.45) is 0 Å². The summed E-state index contributed by atoms with van der Waals surface area (Å²) >= 11 is 0. The summed E-state index contributed by atoms with van der Waals surface area (Å²) in [7, 11) is 0. The van der Waals surface area contributed by atoms with Crippen LogP contribution in [-0.4, -0.2) is 78.3 Å². The molecule has 3 aromatic carbocycles. The predicted octanol–water partition coefficient (Wildman–Crippen LogP) is 5.32. The summed E-state index contributed by atoms with van der Waals surface area (Å²) in [6.07, 6.45) is 4.42. The molecule has 0 aromatic heterocycles. The molecule has 0 atom stereocenters. The Labute approximate surface area is 264 Å². The van der Waals surface area contributed by atoms with E-state index in [-0.39, 0.29) is 29.3 Å². The van der Waals surface area contributed by atoms with Gasteiger partial charge in [0.2, 0.25) is 5.91 Å². The number of piperidine rings is 1. The minimum Gasteiger partial charge on any atom is -0.504 e. The molecule has 0 radical (unpaired) electrons. The van der Waals surface area contributed by atoms with E-state index < -0.39 is 6.09 Å². The molecule has 3 aromatic rings. The summed E-state index contributed by atoms with van der Waals surface area (Å²) in [4.78, 5) is 39.3. The maximum Gasteiger partial charge on any atom is 0.411 e. The van der Waals surface area contributed by atoms with Crippen molar-refractivity contribution in [2.45, 2.75) is 51.0 Å². The number of ether oxygens (including phenoxy) is 1. The maximum atomic E-state index is 12.6. The van der Waals surface area contributed by atoms with Crippen LogP contribution in [0.15, 0.2) is 72.8 Å². The van der Waals surface area contributed by atoms with Crippen LogP contribution in [-0.2, 0) is 9.53 Å². The molecule has 0 unspecified atom stereocenters. The van der Waals surface area contributed by atoms with E-state index in [0.717, 1.165) is 62.9 Å². The SMILES string of the molecule is O=C(CCN1CCC(OC(=O)Nc2ccccc2-c2ccccc2)CC1)NCCCCCNCCC(=O)c1ccc(O)c(O)c1. The predicted molar refractivity (Wildman–Crippen MR) is 175 cm³/mol. The summed E-state index contributed by atoms with van der Waals surface area (Å²) in [6, 6.07) is 21.7. The van der Waals surface area contributed by atoms with Crippen LogP contribution in [0, 0.1) is 0 Å². The second kappa shape index (κ2) is 17.8. The fourth-order valence-electron chi connectivity index (χ4n) is 5.30. The molecule has 0 bridgehead atoms. The van der Waals surface area contributed by atoms with Gasteiger partial charge in [-0.05, 0) is 62.1 Å². The number of benzene rings is 3. The minimum atomic E-state index is -0.449. The molecule has 0 spiro atoms. The molecule has 2 amide bonds. The van der Waals surface area contributed by atoms with Crippen LogP contribution in [0.1, 0.15) is 55.3 Å². The molecule has 240 valence electrons. The highest BCUT2D eigenvalue weighted by Gasteiger charge is 2.23. The van der Waals surface area contributed by atoms with Crippen LogP contribution in [0.4, 0.5) is 10.5 Å². The third-order valence-corrected chi connectivity index (χ3v) is 7.89. The lowest BCUT2D eigenvalue weighted by Crippen LogP contribution is -2.40. The first-order valence-corrected chi connectivity index (χ1v) is 15.8. The normalized spacial score (nSPS) is 13.7. The number of phenolic OH excluding ortho intramolecular Hbond substituents is 2. The molecule has 1 aliphatic heterocycles. The smallest absolute Gasteiger partial charge is 0.411 e. The van der Waals surface area contributed by atoms with Gasteiger partial charge in [0, 0.05) is 56.7 Å². The fraction of sp³-hybridized carbons (Fsp3) is 0.400. The van der Waals surface area contributed by atoms with Crippen LogP contribution in [0.2, 0.25) is 0 Å². The Morgan fingerprint density at radius 2 is 1.53 bits per heavy atom. The van der Waals surface area contributed by atoms with E-state index in [1.807, 2.05) is 54.6 Å². The number of likely N-dealkylation sites (tertiary alicyclic amines) is 1. The zero-order chi connectivity index (χ0) is 31.9. The number of Topliss-reactive ketones (excluding diaryl/α,β-unsaturated/α-hetero) is 1. The van der Waals surface area contributed by atoms with Gasteiger partial charge in [-0.15, -0.1) is 0 Å². The first-order chi connectivity index (χ1) is 21.9. The van der Waals surface area contributed by atoms with Crippen molar-refractivity contribution in [1.82, 2.24) is 15.5 Å². The van der Waals surface area contributed by atoms with Crippen molar-refractivity contribution in [2.75, 3.05) is 44.6 Å². The Kier molecular flexibility index (Phi) is 13.2. The number of unbranched alkanes of at least 4 members (excludes halogenated alkanes) is 2. The number of carbonyl (C=O) groups is 3. The number of para-hydroxylation sites is 1. The van der Waals surface area contributed by atoms with E-state index in [1.54, 1.807) is 0 Å². The van der Waals surface area contributed by atoms with E-state index >= 15 is 0 Å². The van der Waals surface area contributed by atoms with Crippen LogP contribution in [0.3, 0.4) is 0 Å². The molecule has 5 N–H and O–H groups in total. The quantitative estimate of drug-likeness (QED) is 0.0828. The van der Waals surface area contributed by atoms with Crippen molar-refractivity contribution in [3.8, 4) is 22.6 Å². The topological polar surface area (TPSA) is 140 Å². The van der Waals surface area contributed by atoms with Crippen LogP contribution >= 0.6 is 0 Å². The average Bonchev–Trinajstić information content (AvgIpc) is 3.05. The highest BCUT2D eigenvalue weighted by Crippen LogP contribution is 2.28. The van der Waals surface area contributed by atoms with Gasteiger partial charge >= 0.3 is 6.09 Å². The highest BCUT2D eigenvalue weighted by molar-refractivity contribution is 5.96. The number of nitrogens with one attached hydrogen (secondary N) is 3. The molecule has 1 fully saturated rings. The largest absolute Gasteiger partial charge is 0.504 e. The number of carbonyl (C=O) groups excluding carboxylic acids is 3. The summed E-state index contributed by atoms with van der Waals surface area (Å²) in [5.74, 6) is -0.589. The summed E-state index contributed by atoms with van der Waals surface area (Å²) in [5.41, 5.74) is 3.06. The molecule has 0 saturated carbocycles. The Morgan fingerprint density at radius 3 is 2.31 bits per heavy atom. The number of anilines is 1. The zero-order valence-electron chi connectivity index (χ0n) is 25.7. The van der Waals surface area contributed by atoms with E-state index in [2.05, 4.69) is 20.9 Å². The summed E-state index contributed by atoms with van der Waals surface area (Å²) in [6.45, 7) is 4.20. The second-order valence-electron chi connectivity index (χ2n) is 11.3. The van der Waals surface area contributed by atoms with E-state index in [0.29, 0.717) is 43.7 Å². The monoisotopic (exact) mass is 616 g/mol. The van der Waals surface area contributed by atoms with Gasteiger partial charge < -0.3 is 30.5 Å². The number of hydrogen-bond acceptors (Lipinski definition) is 8. The van der Waals surface area contributed by atoms with Crippen LogP contribution < -0.4 is 16.0 Å². The zero-order valence-corrected chi connectivity index (χ0v) is 25.7. The Balaban J connectivity index is 1.00. The summed E-state index contributed by atoms with van der Waals surface area (Å²) in [5, 5.41) is 28.0. The van der Waals surface area contributed by atoms with Crippen molar-refractivity contribution >= 4 is 23.5 Å². The van der Waals surface area contributed by atoms with Crippen molar-refractivity contribution in [3.63, 3.8) is 0 Å². The van der Waals surface area contributed by atoms with Crippen LogP contribution in [0.25, 0.3) is 11.1 Å². The number of phenols is 2. The number of aromatic hydroxyl groups is 2. The summed E-state index contributed by atoms with van der Waals surface area (Å²) < 4.78 is 5.71. The molecule has 10 heteroatoms. The van der Waals surface area contributed by atoms with Gasteiger partial charge in [-0.1, -0.05) is 55.0 Å². The molecule has 1 aliphatic rings. The third kappa shape index (κ3) is 11.2. The lowest BCUT2D eigenvalue weighted by atomic mass is 10.0.